The second-order valence-electron chi connectivity index (χ2n) is 8.96. The molecule has 1 heterocycles. The van der Waals surface area contributed by atoms with Crippen LogP contribution in [0, 0.1) is 10.1 Å². The number of amides is 1. The fourth-order valence-electron chi connectivity index (χ4n) is 4.78. The lowest BCUT2D eigenvalue weighted by atomic mass is 9.94. The first-order valence-corrected chi connectivity index (χ1v) is 12.3. The molecule has 36 heavy (non-hydrogen) atoms. The Hall–Kier alpha value is -3.66. The second-order valence-corrected chi connectivity index (χ2v) is 8.96. The van der Waals surface area contributed by atoms with Gasteiger partial charge in [0.1, 0.15) is 6.04 Å². The molecule has 1 aliphatic carbocycles. The van der Waals surface area contributed by atoms with Crippen molar-refractivity contribution in [2.24, 2.45) is 0 Å². The Morgan fingerprint density at radius 3 is 2.50 bits per heavy atom. The summed E-state index contributed by atoms with van der Waals surface area (Å²) >= 11 is 0. The molecule has 0 spiro atoms. The third kappa shape index (κ3) is 6.12. The number of hydrogen-bond acceptors (Lipinski definition) is 8. The molecule has 192 valence electrons. The van der Waals surface area contributed by atoms with Crippen LogP contribution in [0.15, 0.2) is 42.5 Å². The van der Waals surface area contributed by atoms with E-state index >= 15 is 0 Å². The van der Waals surface area contributed by atoms with Crippen LogP contribution in [0.25, 0.3) is 0 Å². The number of carbonyl (C=O) groups is 2. The van der Waals surface area contributed by atoms with Crippen molar-refractivity contribution >= 4 is 17.6 Å². The van der Waals surface area contributed by atoms with Crippen LogP contribution in [-0.2, 0) is 20.9 Å². The molecule has 2 aromatic rings. The molecule has 1 saturated carbocycles. The number of hydrogen-bond donors (Lipinski definition) is 1. The minimum absolute atomic E-state index is 0.0250. The van der Waals surface area contributed by atoms with Crippen LogP contribution >= 0.6 is 0 Å². The summed E-state index contributed by atoms with van der Waals surface area (Å²) in [5.41, 5.74) is 0.711. The number of nitrogens with one attached hydrogen (secondary N) is 1. The van der Waals surface area contributed by atoms with Crippen molar-refractivity contribution < 1.29 is 28.7 Å². The van der Waals surface area contributed by atoms with E-state index < -0.39 is 22.8 Å². The SMILES string of the molecule is CCOC(=O)CN(Cc1ccccc1)C(C(=O)NC1CCCCC1)c1cc2c(cc1[N+](=O)[O-])OCO2. The number of carbonyl (C=O) groups excluding carboxylic acids is 2. The van der Waals surface area contributed by atoms with Gasteiger partial charge in [-0.25, -0.2) is 0 Å². The molecule has 1 aliphatic heterocycles. The molecule has 0 aromatic heterocycles. The Balaban J connectivity index is 1.77. The molecule has 10 nitrogen and oxygen atoms in total. The van der Waals surface area contributed by atoms with Crippen molar-refractivity contribution in [2.75, 3.05) is 19.9 Å². The normalized spacial score (nSPS) is 15.9. The summed E-state index contributed by atoms with van der Waals surface area (Å²) in [5.74, 6) is -0.352. The van der Waals surface area contributed by atoms with Gasteiger partial charge in [-0.3, -0.25) is 24.6 Å². The number of nitro groups is 1. The fraction of sp³-hybridized carbons (Fsp3) is 0.462. The van der Waals surface area contributed by atoms with E-state index in [1.165, 1.54) is 12.1 Å². The van der Waals surface area contributed by atoms with Crippen LogP contribution in [0.3, 0.4) is 0 Å². The predicted molar refractivity (Wildman–Crippen MR) is 130 cm³/mol. The summed E-state index contributed by atoms with van der Waals surface area (Å²) < 4.78 is 16.0. The zero-order valence-electron chi connectivity index (χ0n) is 20.3. The molecule has 0 radical (unpaired) electrons. The van der Waals surface area contributed by atoms with Crippen LogP contribution < -0.4 is 14.8 Å². The summed E-state index contributed by atoms with van der Waals surface area (Å²) in [7, 11) is 0. The molecule has 2 aliphatic rings. The van der Waals surface area contributed by atoms with Crippen molar-refractivity contribution in [3.63, 3.8) is 0 Å². The van der Waals surface area contributed by atoms with E-state index in [-0.39, 0.29) is 49.5 Å². The van der Waals surface area contributed by atoms with Crippen molar-refractivity contribution in [2.45, 2.75) is 57.7 Å². The Morgan fingerprint density at radius 1 is 1.14 bits per heavy atom. The molecule has 0 bridgehead atoms. The number of ether oxygens (including phenoxy) is 3. The van der Waals surface area contributed by atoms with Gasteiger partial charge in [0.2, 0.25) is 12.7 Å². The number of fused-ring (bicyclic) bond motifs is 1. The average Bonchev–Trinajstić information content (AvgIpc) is 3.32. The average molecular weight is 498 g/mol. The van der Waals surface area contributed by atoms with Gasteiger partial charge in [0.15, 0.2) is 11.5 Å². The van der Waals surface area contributed by atoms with Crippen LogP contribution in [0.4, 0.5) is 5.69 Å². The van der Waals surface area contributed by atoms with Gasteiger partial charge in [0.25, 0.3) is 5.69 Å². The number of benzene rings is 2. The van der Waals surface area contributed by atoms with E-state index in [2.05, 4.69) is 5.32 Å². The lowest BCUT2D eigenvalue weighted by molar-refractivity contribution is -0.386. The lowest BCUT2D eigenvalue weighted by Gasteiger charge is -2.32. The van der Waals surface area contributed by atoms with Crippen molar-refractivity contribution in [1.29, 1.82) is 0 Å². The molecule has 1 unspecified atom stereocenters. The van der Waals surface area contributed by atoms with E-state index in [1.807, 2.05) is 30.3 Å². The first-order valence-electron chi connectivity index (χ1n) is 12.3. The zero-order chi connectivity index (χ0) is 25.5. The minimum atomic E-state index is -1.13. The number of nitrogens with zero attached hydrogens (tertiary/aromatic N) is 2. The largest absolute Gasteiger partial charge is 0.465 e. The summed E-state index contributed by atoms with van der Waals surface area (Å²) in [6, 6.07) is 10.9. The Bertz CT molecular complexity index is 1090. The molecule has 4 rings (SSSR count). The molecule has 10 heteroatoms. The van der Waals surface area contributed by atoms with Crippen molar-refractivity contribution in [1.82, 2.24) is 10.2 Å². The number of rotatable bonds is 10. The summed E-state index contributed by atoms with van der Waals surface area (Å²) in [6.45, 7) is 1.80. The number of esters is 1. The first kappa shape index (κ1) is 25.4. The third-order valence-electron chi connectivity index (χ3n) is 6.44. The molecular weight excluding hydrogens is 466 g/mol. The Labute approximate surface area is 209 Å². The van der Waals surface area contributed by atoms with Gasteiger partial charge in [0.05, 0.1) is 29.7 Å². The maximum absolute atomic E-state index is 13.9. The second kappa shape index (κ2) is 11.9. The van der Waals surface area contributed by atoms with E-state index in [0.717, 1.165) is 37.7 Å². The highest BCUT2D eigenvalue weighted by Crippen LogP contribution is 2.42. The van der Waals surface area contributed by atoms with E-state index in [9.17, 15) is 19.7 Å². The highest BCUT2D eigenvalue weighted by Gasteiger charge is 2.38. The van der Waals surface area contributed by atoms with Crippen molar-refractivity contribution in [3.05, 3.63) is 63.7 Å². The van der Waals surface area contributed by atoms with Crippen LogP contribution in [0.2, 0.25) is 0 Å². The monoisotopic (exact) mass is 497 g/mol. The van der Waals surface area contributed by atoms with Crippen LogP contribution in [-0.4, -0.2) is 47.7 Å². The van der Waals surface area contributed by atoms with E-state index in [4.69, 9.17) is 14.2 Å². The van der Waals surface area contributed by atoms with Gasteiger partial charge >= 0.3 is 5.97 Å². The van der Waals surface area contributed by atoms with Gasteiger partial charge in [-0.05, 0) is 31.4 Å². The molecule has 1 fully saturated rings. The molecule has 1 atom stereocenters. The molecule has 1 N–H and O–H groups in total. The standard InChI is InChI=1S/C26H31N3O7/c1-2-34-24(30)16-28(15-18-9-5-3-6-10-18)25(26(31)27-19-11-7-4-8-12-19)20-13-22-23(36-17-35-22)14-21(20)29(32)33/h3,5-6,9-10,13-14,19,25H,2,4,7-8,11-12,15-17H2,1H3,(H,27,31). The first-order chi connectivity index (χ1) is 17.5. The van der Waals surface area contributed by atoms with Gasteiger partial charge in [-0.1, -0.05) is 49.6 Å². The molecular formula is C26H31N3O7. The van der Waals surface area contributed by atoms with Gasteiger partial charge < -0.3 is 19.5 Å². The quantitative estimate of drug-likeness (QED) is 0.298. The lowest BCUT2D eigenvalue weighted by Crippen LogP contribution is -2.46. The van der Waals surface area contributed by atoms with Crippen LogP contribution in [0.1, 0.15) is 56.2 Å². The fourth-order valence-corrected chi connectivity index (χ4v) is 4.78. The molecule has 2 aromatic carbocycles. The van der Waals surface area contributed by atoms with Crippen molar-refractivity contribution in [3.8, 4) is 11.5 Å². The van der Waals surface area contributed by atoms with E-state index in [1.54, 1.807) is 11.8 Å². The maximum Gasteiger partial charge on any atom is 0.320 e. The smallest absolute Gasteiger partial charge is 0.320 e. The van der Waals surface area contributed by atoms with Gasteiger partial charge in [-0.15, -0.1) is 0 Å². The van der Waals surface area contributed by atoms with Crippen LogP contribution in [0.5, 0.6) is 11.5 Å². The zero-order valence-corrected chi connectivity index (χ0v) is 20.3. The highest BCUT2D eigenvalue weighted by atomic mass is 16.7. The van der Waals surface area contributed by atoms with Gasteiger partial charge in [-0.2, -0.15) is 0 Å². The summed E-state index contributed by atoms with van der Waals surface area (Å²) in [4.78, 5) is 39.7. The summed E-state index contributed by atoms with van der Waals surface area (Å²) in [6.07, 6.45) is 4.83. The summed E-state index contributed by atoms with van der Waals surface area (Å²) in [5, 5.41) is 15.2. The molecule has 0 saturated heterocycles. The Morgan fingerprint density at radius 2 is 1.83 bits per heavy atom. The topological polar surface area (TPSA) is 120 Å². The minimum Gasteiger partial charge on any atom is -0.465 e. The van der Waals surface area contributed by atoms with E-state index in [0.29, 0.717) is 5.75 Å². The van der Waals surface area contributed by atoms with Gasteiger partial charge in [0, 0.05) is 12.6 Å². The maximum atomic E-state index is 13.9. The number of nitro benzene ring substituents is 1. The Kier molecular flexibility index (Phi) is 8.37. The third-order valence-corrected chi connectivity index (χ3v) is 6.44. The molecule has 1 amide bonds. The predicted octanol–water partition coefficient (Wildman–Crippen LogP) is 3.88. The highest BCUT2D eigenvalue weighted by molar-refractivity contribution is 5.86.